The number of imide groups is 2. The third kappa shape index (κ3) is 5.04. The number of ether oxygens (including phenoxy) is 4. The standard InChI is InChI=1S/C40H38N4O8/c1-5-51-29-19-11-25(12-20-29)41-37(45)31-33(23-7-15-27(49-3)16-8-23)44-36-32(38(46)42(40(36)48)26-13-21-30(22-14-26)52-6-2)34(43(44)35(31)39(41)47)24-9-17-28(50-4)18-10-24/h7-22,31-36H,5-6H2,1-4H3/t31-,32-,33+,34+,35-,36+/m0/s1. The van der Waals surface area contributed by atoms with Gasteiger partial charge < -0.3 is 18.9 Å². The topological polar surface area (TPSA) is 118 Å². The number of carbonyl (C=O) groups excluding carboxylic acids is 4. The predicted octanol–water partition coefficient (Wildman–Crippen LogP) is 4.95. The fourth-order valence-corrected chi connectivity index (χ4v) is 8.33. The first-order valence-electron chi connectivity index (χ1n) is 17.4. The van der Waals surface area contributed by atoms with E-state index in [1.54, 1.807) is 87.0 Å². The number of hydrogen-bond donors (Lipinski definition) is 0. The SMILES string of the molecule is CCOc1ccc(N2C(=O)[C@@H]3[C@@H](C2=O)N2[C@H](c4ccc(OC)cc4)[C@@H]4C(=O)N(c5ccc(OCC)cc5)C(=O)[C@@H]4N2[C@@H]3c2ccc(OC)cc2)cc1. The summed E-state index contributed by atoms with van der Waals surface area (Å²) in [6.45, 7) is 4.71. The van der Waals surface area contributed by atoms with E-state index >= 15 is 0 Å². The molecule has 6 atom stereocenters. The number of nitrogens with zero attached hydrogens (tertiary/aromatic N) is 4. The van der Waals surface area contributed by atoms with Crippen LogP contribution in [0.1, 0.15) is 37.1 Å². The van der Waals surface area contributed by atoms with Crippen LogP contribution in [0.25, 0.3) is 0 Å². The van der Waals surface area contributed by atoms with E-state index in [1.165, 1.54) is 9.80 Å². The third-order valence-corrected chi connectivity index (χ3v) is 10.5. The van der Waals surface area contributed by atoms with Crippen LogP contribution < -0.4 is 28.7 Å². The zero-order valence-electron chi connectivity index (χ0n) is 29.2. The van der Waals surface area contributed by atoms with Crippen LogP contribution in [0.5, 0.6) is 23.0 Å². The Morgan fingerprint density at radius 3 is 1.08 bits per heavy atom. The lowest BCUT2D eigenvalue weighted by Crippen LogP contribution is -2.50. The van der Waals surface area contributed by atoms with Crippen LogP contribution in [0.15, 0.2) is 97.1 Å². The second-order valence-electron chi connectivity index (χ2n) is 13.0. The largest absolute Gasteiger partial charge is 0.497 e. The Morgan fingerprint density at radius 1 is 0.442 bits per heavy atom. The van der Waals surface area contributed by atoms with Gasteiger partial charge in [0.2, 0.25) is 11.8 Å². The summed E-state index contributed by atoms with van der Waals surface area (Å²) in [6.07, 6.45) is 0. The smallest absolute Gasteiger partial charge is 0.253 e. The average molecular weight is 703 g/mol. The highest BCUT2D eigenvalue weighted by Gasteiger charge is 2.73. The van der Waals surface area contributed by atoms with E-state index in [9.17, 15) is 19.2 Å². The van der Waals surface area contributed by atoms with E-state index in [-0.39, 0.29) is 11.8 Å². The minimum Gasteiger partial charge on any atom is -0.497 e. The van der Waals surface area contributed by atoms with E-state index in [0.29, 0.717) is 58.7 Å². The van der Waals surface area contributed by atoms with Gasteiger partial charge in [0.05, 0.1) is 62.7 Å². The lowest BCUT2D eigenvalue weighted by Gasteiger charge is -2.35. The quantitative estimate of drug-likeness (QED) is 0.210. The molecule has 12 nitrogen and oxygen atoms in total. The first-order valence-corrected chi connectivity index (χ1v) is 17.4. The summed E-state index contributed by atoms with van der Waals surface area (Å²) in [4.78, 5) is 61.3. The summed E-state index contributed by atoms with van der Waals surface area (Å²) in [7, 11) is 3.14. The fraction of sp³-hybridized carbons (Fsp3) is 0.300. The Bertz CT molecular complexity index is 1870. The van der Waals surface area contributed by atoms with Crippen molar-refractivity contribution < 1.29 is 38.1 Å². The minimum atomic E-state index is -0.997. The Hall–Kier alpha value is -5.72. The molecule has 4 aliphatic rings. The van der Waals surface area contributed by atoms with Gasteiger partial charge in [-0.2, -0.15) is 0 Å². The Labute approximate surface area is 301 Å². The number of amides is 4. The van der Waals surface area contributed by atoms with Crippen molar-refractivity contribution in [3.63, 3.8) is 0 Å². The van der Waals surface area contributed by atoms with Gasteiger partial charge >= 0.3 is 0 Å². The Morgan fingerprint density at radius 2 is 0.769 bits per heavy atom. The third-order valence-electron chi connectivity index (χ3n) is 10.5. The van der Waals surface area contributed by atoms with Crippen molar-refractivity contribution in [2.45, 2.75) is 38.0 Å². The molecule has 8 rings (SSSR count). The van der Waals surface area contributed by atoms with Crippen LogP contribution in [0, 0.1) is 11.8 Å². The van der Waals surface area contributed by atoms with Crippen LogP contribution >= 0.6 is 0 Å². The summed E-state index contributed by atoms with van der Waals surface area (Å²) in [6, 6.07) is 24.8. The van der Waals surface area contributed by atoms with Gasteiger partial charge in [0.15, 0.2) is 0 Å². The van der Waals surface area contributed by atoms with E-state index in [0.717, 1.165) is 0 Å². The first kappa shape index (κ1) is 33.4. The summed E-state index contributed by atoms with van der Waals surface area (Å²) < 4.78 is 22.1. The number of hydrazine groups is 1. The summed E-state index contributed by atoms with van der Waals surface area (Å²) in [5.41, 5.74) is 2.26. The van der Waals surface area contributed by atoms with Gasteiger partial charge in [0.1, 0.15) is 35.1 Å². The minimum absolute atomic E-state index is 0.389. The lowest BCUT2D eigenvalue weighted by molar-refractivity contribution is -0.136. The van der Waals surface area contributed by atoms with Gasteiger partial charge in [-0.3, -0.25) is 19.2 Å². The molecule has 4 saturated heterocycles. The maximum Gasteiger partial charge on any atom is 0.253 e. The highest BCUT2D eigenvalue weighted by molar-refractivity contribution is 6.26. The number of benzene rings is 4. The van der Waals surface area contributed by atoms with E-state index in [4.69, 9.17) is 18.9 Å². The van der Waals surface area contributed by atoms with Crippen LogP contribution in [-0.2, 0) is 19.2 Å². The highest BCUT2D eigenvalue weighted by Crippen LogP contribution is 2.60. The maximum atomic E-state index is 14.7. The molecule has 4 aromatic rings. The van der Waals surface area contributed by atoms with Crippen molar-refractivity contribution >= 4 is 35.0 Å². The molecule has 12 heteroatoms. The van der Waals surface area contributed by atoms with Crippen LogP contribution in [-0.4, -0.2) is 73.2 Å². The lowest BCUT2D eigenvalue weighted by atomic mass is 9.84. The molecule has 0 aliphatic carbocycles. The van der Waals surface area contributed by atoms with Crippen molar-refractivity contribution in [3.05, 3.63) is 108 Å². The molecule has 266 valence electrons. The van der Waals surface area contributed by atoms with Crippen molar-refractivity contribution in [3.8, 4) is 23.0 Å². The molecule has 0 aromatic heterocycles. The van der Waals surface area contributed by atoms with Crippen molar-refractivity contribution in [1.82, 2.24) is 10.0 Å². The molecule has 0 saturated carbocycles. The summed E-state index contributed by atoms with van der Waals surface area (Å²) >= 11 is 0. The molecule has 4 aromatic carbocycles. The van der Waals surface area contributed by atoms with E-state index in [1.807, 2.05) is 48.1 Å². The molecular formula is C40H38N4O8. The molecule has 0 N–H and O–H groups in total. The van der Waals surface area contributed by atoms with Gasteiger partial charge in [-0.15, -0.1) is 0 Å². The molecule has 0 spiro atoms. The number of methoxy groups -OCH3 is 2. The van der Waals surface area contributed by atoms with Crippen LogP contribution in [0.3, 0.4) is 0 Å². The molecule has 0 unspecified atom stereocenters. The Balaban J connectivity index is 1.28. The van der Waals surface area contributed by atoms with E-state index in [2.05, 4.69) is 0 Å². The molecule has 4 fully saturated rings. The number of hydrogen-bond acceptors (Lipinski definition) is 10. The second-order valence-corrected chi connectivity index (χ2v) is 13.0. The van der Waals surface area contributed by atoms with Crippen LogP contribution in [0.4, 0.5) is 11.4 Å². The molecule has 4 heterocycles. The van der Waals surface area contributed by atoms with E-state index < -0.39 is 47.8 Å². The molecule has 52 heavy (non-hydrogen) atoms. The maximum absolute atomic E-state index is 14.7. The monoisotopic (exact) mass is 702 g/mol. The molecule has 4 amide bonds. The number of anilines is 2. The van der Waals surface area contributed by atoms with Gasteiger partial charge in [-0.25, -0.2) is 19.8 Å². The van der Waals surface area contributed by atoms with Crippen molar-refractivity contribution in [2.75, 3.05) is 37.2 Å². The van der Waals surface area contributed by atoms with Gasteiger partial charge in [-0.1, -0.05) is 24.3 Å². The molecule has 4 aliphatic heterocycles. The van der Waals surface area contributed by atoms with Gasteiger partial charge in [0, 0.05) is 0 Å². The van der Waals surface area contributed by atoms with Crippen LogP contribution in [0.2, 0.25) is 0 Å². The summed E-state index contributed by atoms with van der Waals surface area (Å²) in [5, 5.41) is 3.69. The summed E-state index contributed by atoms with van der Waals surface area (Å²) in [5.74, 6) is -0.952. The predicted molar refractivity (Wildman–Crippen MR) is 190 cm³/mol. The van der Waals surface area contributed by atoms with Crippen molar-refractivity contribution in [1.29, 1.82) is 0 Å². The zero-order chi connectivity index (χ0) is 36.3. The van der Waals surface area contributed by atoms with Crippen molar-refractivity contribution in [2.24, 2.45) is 11.8 Å². The number of rotatable bonds is 10. The molecule has 0 bridgehead atoms. The highest BCUT2D eigenvalue weighted by atomic mass is 16.5. The molecule has 0 radical (unpaired) electrons. The second kappa shape index (κ2) is 13.1. The first-order chi connectivity index (χ1) is 25.3. The fourth-order valence-electron chi connectivity index (χ4n) is 8.33. The van der Waals surface area contributed by atoms with Gasteiger partial charge in [0.25, 0.3) is 11.8 Å². The number of carbonyl (C=O) groups is 4. The molecular weight excluding hydrogens is 664 g/mol. The average Bonchev–Trinajstić information content (AvgIpc) is 3.84. The van der Waals surface area contributed by atoms with Gasteiger partial charge in [-0.05, 0) is 97.8 Å². The normalized spacial score (nSPS) is 25.4. The Kier molecular flexibility index (Phi) is 8.43. The number of fused-ring (bicyclic) bond motifs is 5. The zero-order valence-corrected chi connectivity index (χ0v) is 29.2.